The molecule has 0 saturated carbocycles. The zero-order valence-corrected chi connectivity index (χ0v) is 9.42. The first kappa shape index (κ1) is 13.4. The van der Waals surface area contributed by atoms with Crippen LogP contribution in [0.15, 0.2) is 0 Å². The van der Waals surface area contributed by atoms with Crippen LogP contribution >= 0.6 is 0 Å². The maximum absolute atomic E-state index is 11.1. The maximum Gasteiger partial charge on any atom is 0.323 e. The minimum atomic E-state index is -0.924. The molecular formula is C10H21NO3. The highest BCUT2D eigenvalue weighted by molar-refractivity contribution is 5.78. The second kappa shape index (κ2) is 4.75. The molecule has 0 fully saturated rings. The van der Waals surface area contributed by atoms with E-state index in [1.807, 2.05) is 13.8 Å². The average molecular weight is 203 g/mol. The highest BCUT2D eigenvalue weighted by Gasteiger charge is 2.38. The molecule has 0 unspecified atom stereocenters. The van der Waals surface area contributed by atoms with Gasteiger partial charge < -0.3 is 10.2 Å². The summed E-state index contributed by atoms with van der Waals surface area (Å²) in [6, 6.07) is 0. The molecule has 4 nitrogen and oxygen atoms in total. The van der Waals surface area contributed by atoms with E-state index >= 15 is 0 Å². The first-order valence-electron chi connectivity index (χ1n) is 4.97. The number of aliphatic hydroxyl groups is 1. The van der Waals surface area contributed by atoms with Crippen LogP contribution in [0.1, 0.15) is 40.5 Å². The van der Waals surface area contributed by atoms with Gasteiger partial charge >= 0.3 is 5.97 Å². The Labute approximate surface area is 85.3 Å². The molecule has 0 amide bonds. The van der Waals surface area contributed by atoms with Crippen molar-refractivity contribution in [3.63, 3.8) is 0 Å². The Hall–Kier alpha value is -0.610. The molecule has 0 spiro atoms. The summed E-state index contributed by atoms with van der Waals surface area (Å²) < 4.78 is 0. The Morgan fingerprint density at radius 1 is 1.29 bits per heavy atom. The van der Waals surface area contributed by atoms with Gasteiger partial charge in [0.2, 0.25) is 0 Å². The van der Waals surface area contributed by atoms with Crippen LogP contribution in [-0.4, -0.2) is 33.9 Å². The van der Waals surface area contributed by atoms with Crippen LogP contribution in [0, 0.1) is 0 Å². The van der Waals surface area contributed by atoms with E-state index in [4.69, 9.17) is 10.2 Å². The monoisotopic (exact) mass is 203 g/mol. The molecule has 3 N–H and O–H groups in total. The predicted octanol–water partition coefficient (Wildman–Crippen LogP) is 0.990. The van der Waals surface area contributed by atoms with E-state index in [0.717, 1.165) is 0 Å². The number of aliphatic hydroxyl groups excluding tert-OH is 1. The second-order valence-electron chi connectivity index (χ2n) is 4.26. The highest BCUT2D eigenvalue weighted by atomic mass is 16.4. The van der Waals surface area contributed by atoms with E-state index in [1.54, 1.807) is 13.8 Å². The van der Waals surface area contributed by atoms with Crippen molar-refractivity contribution >= 4 is 5.97 Å². The third-order valence-corrected chi connectivity index (χ3v) is 2.59. The zero-order valence-electron chi connectivity index (χ0n) is 9.42. The van der Waals surface area contributed by atoms with Gasteiger partial charge in [0.1, 0.15) is 5.54 Å². The molecule has 0 aliphatic rings. The van der Waals surface area contributed by atoms with Gasteiger partial charge in [0, 0.05) is 5.54 Å². The summed E-state index contributed by atoms with van der Waals surface area (Å²) in [6.07, 6.45) is 1.00. The van der Waals surface area contributed by atoms with Gasteiger partial charge in [-0.15, -0.1) is 0 Å². The summed E-state index contributed by atoms with van der Waals surface area (Å²) in [5.74, 6) is -0.857. The van der Waals surface area contributed by atoms with Crippen LogP contribution in [0.3, 0.4) is 0 Å². The quantitative estimate of drug-likeness (QED) is 0.602. The molecule has 0 aromatic heterocycles. The Balaban J connectivity index is 4.76. The van der Waals surface area contributed by atoms with Gasteiger partial charge in [0.15, 0.2) is 0 Å². The fraction of sp³-hybridized carbons (Fsp3) is 0.900. The van der Waals surface area contributed by atoms with Crippen molar-refractivity contribution in [3.05, 3.63) is 0 Å². The molecule has 14 heavy (non-hydrogen) atoms. The summed E-state index contributed by atoms with van der Waals surface area (Å²) in [5, 5.41) is 21.2. The Morgan fingerprint density at radius 3 is 1.93 bits per heavy atom. The molecule has 0 aliphatic heterocycles. The van der Waals surface area contributed by atoms with Crippen LogP contribution in [0.25, 0.3) is 0 Å². The van der Waals surface area contributed by atoms with Gasteiger partial charge in [-0.1, -0.05) is 13.8 Å². The summed E-state index contributed by atoms with van der Waals surface area (Å²) >= 11 is 0. The van der Waals surface area contributed by atoms with Gasteiger partial charge in [0.25, 0.3) is 0 Å². The minimum absolute atomic E-state index is 0.0813. The summed E-state index contributed by atoms with van der Waals surface area (Å²) in [6.45, 7) is 7.16. The molecule has 84 valence electrons. The Morgan fingerprint density at radius 2 is 1.71 bits per heavy atom. The number of rotatable bonds is 6. The Kier molecular flexibility index (Phi) is 4.55. The molecule has 0 aliphatic carbocycles. The normalized spacial score (nSPS) is 12.9. The van der Waals surface area contributed by atoms with Crippen LogP contribution in [0.2, 0.25) is 0 Å². The number of carboxylic acids is 1. The fourth-order valence-electron chi connectivity index (χ4n) is 1.47. The van der Waals surface area contributed by atoms with Crippen molar-refractivity contribution in [1.82, 2.24) is 5.32 Å². The molecular weight excluding hydrogens is 182 g/mol. The number of hydrogen-bond donors (Lipinski definition) is 3. The lowest BCUT2D eigenvalue weighted by atomic mass is 9.89. The lowest BCUT2D eigenvalue weighted by Gasteiger charge is -2.37. The molecule has 0 aromatic rings. The van der Waals surface area contributed by atoms with Crippen molar-refractivity contribution in [3.8, 4) is 0 Å². The van der Waals surface area contributed by atoms with Crippen molar-refractivity contribution in [2.45, 2.75) is 51.6 Å². The third kappa shape index (κ3) is 2.96. The molecule has 0 saturated heterocycles. The van der Waals surface area contributed by atoms with Gasteiger partial charge in [-0.05, 0) is 26.7 Å². The molecule has 4 heteroatoms. The molecule has 0 bridgehead atoms. The number of hydrogen-bond acceptors (Lipinski definition) is 3. The van der Waals surface area contributed by atoms with E-state index in [1.165, 1.54) is 0 Å². The van der Waals surface area contributed by atoms with Crippen molar-refractivity contribution in [2.24, 2.45) is 0 Å². The lowest BCUT2D eigenvalue weighted by Crippen LogP contribution is -2.60. The van der Waals surface area contributed by atoms with Crippen LogP contribution in [0.5, 0.6) is 0 Å². The maximum atomic E-state index is 11.1. The number of carboxylic acid groups (broad SMARTS) is 1. The number of aliphatic carboxylic acids is 1. The van der Waals surface area contributed by atoms with E-state index in [-0.39, 0.29) is 6.61 Å². The van der Waals surface area contributed by atoms with E-state index < -0.39 is 17.0 Å². The van der Waals surface area contributed by atoms with Gasteiger partial charge in [-0.3, -0.25) is 10.1 Å². The standard InChI is InChI=1S/C10H21NO3/c1-5-10(6-2,8(13)14)11-9(3,4)7-12/h11-12H,5-7H2,1-4H3,(H,13,14). The highest BCUT2D eigenvalue weighted by Crippen LogP contribution is 2.19. The van der Waals surface area contributed by atoms with Crippen LogP contribution < -0.4 is 5.32 Å². The SMILES string of the molecule is CCC(CC)(NC(C)(C)CO)C(=O)O. The van der Waals surface area contributed by atoms with E-state index in [0.29, 0.717) is 12.8 Å². The topological polar surface area (TPSA) is 69.6 Å². The smallest absolute Gasteiger partial charge is 0.323 e. The predicted molar refractivity (Wildman–Crippen MR) is 55.2 cm³/mol. The van der Waals surface area contributed by atoms with Crippen molar-refractivity contribution in [2.75, 3.05) is 6.61 Å². The lowest BCUT2D eigenvalue weighted by molar-refractivity contribution is -0.146. The third-order valence-electron chi connectivity index (χ3n) is 2.59. The molecule has 0 heterocycles. The second-order valence-corrected chi connectivity index (χ2v) is 4.26. The number of nitrogens with one attached hydrogen (secondary N) is 1. The van der Waals surface area contributed by atoms with Gasteiger partial charge in [-0.2, -0.15) is 0 Å². The Bertz CT molecular complexity index is 198. The van der Waals surface area contributed by atoms with E-state index in [2.05, 4.69) is 5.32 Å². The van der Waals surface area contributed by atoms with E-state index in [9.17, 15) is 4.79 Å². The largest absolute Gasteiger partial charge is 0.480 e. The fourth-order valence-corrected chi connectivity index (χ4v) is 1.47. The molecule has 0 radical (unpaired) electrons. The van der Waals surface area contributed by atoms with Crippen molar-refractivity contribution in [1.29, 1.82) is 0 Å². The summed E-state index contributed by atoms with van der Waals surface area (Å²) in [4.78, 5) is 11.1. The minimum Gasteiger partial charge on any atom is -0.480 e. The van der Waals surface area contributed by atoms with Crippen LogP contribution in [-0.2, 0) is 4.79 Å². The average Bonchev–Trinajstić information content (AvgIpc) is 2.14. The molecule has 0 rings (SSSR count). The summed E-state index contributed by atoms with van der Waals surface area (Å²) in [5.41, 5.74) is -1.49. The van der Waals surface area contributed by atoms with Gasteiger partial charge in [0.05, 0.1) is 6.61 Å². The zero-order chi connectivity index (χ0) is 11.4. The summed E-state index contributed by atoms with van der Waals surface area (Å²) in [7, 11) is 0. The van der Waals surface area contributed by atoms with Crippen LogP contribution in [0.4, 0.5) is 0 Å². The first-order chi connectivity index (χ1) is 6.33. The van der Waals surface area contributed by atoms with Crippen molar-refractivity contribution < 1.29 is 15.0 Å². The van der Waals surface area contributed by atoms with Gasteiger partial charge in [-0.25, -0.2) is 0 Å². The first-order valence-corrected chi connectivity index (χ1v) is 4.97. The molecule has 0 aromatic carbocycles. The number of carbonyl (C=O) groups is 1. The molecule has 0 atom stereocenters.